The maximum absolute atomic E-state index is 8.90. The molecule has 2 aliphatic rings. The lowest BCUT2D eigenvalue weighted by atomic mass is 9.63. The summed E-state index contributed by atoms with van der Waals surface area (Å²) in [6.07, 6.45) is 9.64. The van der Waals surface area contributed by atoms with E-state index in [1.165, 1.54) is 25.7 Å². The Bertz CT molecular complexity index is 266. The van der Waals surface area contributed by atoms with Gasteiger partial charge in [0.1, 0.15) is 0 Å². The number of aliphatic hydroxyl groups excluding tert-OH is 1. The molecule has 0 unspecified atom stereocenters. The Balaban J connectivity index is 2.28. The summed E-state index contributed by atoms with van der Waals surface area (Å²) in [6, 6.07) is 0. The van der Waals surface area contributed by atoms with Gasteiger partial charge in [-0.05, 0) is 35.5 Å². The maximum atomic E-state index is 8.90. The van der Waals surface area contributed by atoms with Crippen molar-refractivity contribution in [3.05, 3.63) is 12.2 Å². The quantitative estimate of drug-likeness (QED) is 0.670. The Morgan fingerprint density at radius 3 is 2.50 bits per heavy atom. The monoisotopic (exact) mass is 194 g/mol. The van der Waals surface area contributed by atoms with E-state index in [0.717, 1.165) is 0 Å². The van der Waals surface area contributed by atoms with Gasteiger partial charge in [-0.25, -0.2) is 0 Å². The number of aliphatic hydroxyl groups is 1. The van der Waals surface area contributed by atoms with Gasteiger partial charge in [0, 0.05) is 0 Å². The van der Waals surface area contributed by atoms with E-state index in [4.69, 9.17) is 5.11 Å². The van der Waals surface area contributed by atoms with Crippen LogP contribution < -0.4 is 0 Å². The molecule has 1 nitrogen and oxygen atoms in total. The zero-order valence-corrected chi connectivity index (χ0v) is 9.64. The van der Waals surface area contributed by atoms with Gasteiger partial charge in [0.25, 0.3) is 0 Å². The lowest BCUT2D eigenvalue weighted by molar-refractivity contribution is 0.118. The molecule has 2 saturated carbocycles. The van der Waals surface area contributed by atoms with Crippen molar-refractivity contribution in [1.29, 1.82) is 0 Å². The fraction of sp³-hybridized carbons (Fsp3) is 0.846. The molecule has 0 spiro atoms. The third-order valence-electron chi connectivity index (χ3n) is 4.87. The molecule has 0 bridgehead atoms. The average Bonchev–Trinajstić information content (AvgIpc) is 2.70. The van der Waals surface area contributed by atoms with E-state index >= 15 is 0 Å². The summed E-state index contributed by atoms with van der Waals surface area (Å²) < 4.78 is 0. The first-order valence-corrected chi connectivity index (χ1v) is 5.76. The molecule has 0 aromatic carbocycles. The topological polar surface area (TPSA) is 20.2 Å². The lowest BCUT2D eigenvalue weighted by Crippen LogP contribution is -2.32. The first-order chi connectivity index (χ1) is 6.47. The van der Waals surface area contributed by atoms with Gasteiger partial charge in [-0.3, -0.25) is 0 Å². The van der Waals surface area contributed by atoms with Gasteiger partial charge < -0.3 is 5.11 Å². The van der Waals surface area contributed by atoms with Crippen LogP contribution >= 0.6 is 0 Å². The highest BCUT2D eigenvalue weighted by Crippen LogP contribution is 2.78. The molecule has 14 heavy (non-hydrogen) atoms. The molecule has 1 heteroatoms. The number of hydrogen-bond donors (Lipinski definition) is 1. The van der Waals surface area contributed by atoms with Crippen molar-refractivity contribution in [2.24, 2.45) is 16.2 Å². The predicted octanol–water partition coefficient (Wildman–Crippen LogP) is 3.14. The molecule has 2 atom stereocenters. The van der Waals surface area contributed by atoms with Gasteiger partial charge in [-0.15, -0.1) is 0 Å². The molecular formula is C13H22O. The van der Waals surface area contributed by atoms with Crippen molar-refractivity contribution in [2.45, 2.75) is 46.5 Å². The van der Waals surface area contributed by atoms with Crippen LogP contribution in [-0.2, 0) is 0 Å². The molecule has 0 saturated heterocycles. The van der Waals surface area contributed by atoms with Crippen LogP contribution in [0.4, 0.5) is 0 Å². The van der Waals surface area contributed by atoms with Crippen LogP contribution in [0.1, 0.15) is 46.5 Å². The summed E-state index contributed by atoms with van der Waals surface area (Å²) in [5.74, 6) is 0. The van der Waals surface area contributed by atoms with Crippen molar-refractivity contribution in [3.63, 3.8) is 0 Å². The summed E-state index contributed by atoms with van der Waals surface area (Å²) in [7, 11) is 0. The van der Waals surface area contributed by atoms with E-state index in [-0.39, 0.29) is 6.61 Å². The Kier molecular flexibility index (Phi) is 2.08. The Hall–Kier alpha value is -0.300. The third kappa shape index (κ3) is 1.11. The molecule has 0 heterocycles. The molecule has 1 N–H and O–H groups in total. The van der Waals surface area contributed by atoms with Crippen LogP contribution in [0, 0.1) is 16.2 Å². The SMILES string of the molecule is CC1(C)CCC[C@@]2(C)C[C@@]12/C=C/CO. The summed E-state index contributed by atoms with van der Waals surface area (Å²) >= 11 is 0. The van der Waals surface area contributed by atoms with E-state index in [9.17, 15) is 0 Å². The van der Waals surface area contributed by atoms with Crippen molar-refractivity contribution >= 4 is 0 Å². The molecule has 0 aromatic rings. The van der Waals surface area contributed by atoms with Gasteiger partial charge in [0.15, 0.2) is 0 Å². The number of rotatable bonds is 2. The van der Waals surface area contributed by atoms with Crippen LogP contribution in [0.5, 0.6) is 0 Å². The highest BCUT2D eigenvalue weighted by atomic mass is 16.2. The molecule has 2 aliphatic carbocycles. The zero-order chi connectivity index (χ0) is 10.4. The molecule has 0 radical (unpaired) electrons. The standard InChI is InChI=1S/C13H22O/c1-11(2)6-4-7-12(3)10-13(11,12)8-5-9-14/h5,8,14H,4,6-7,9-10H2,1-3H3/b8-5+/t12-,13-/m0/s1. The predicted molar refractivity (Wildman–Crippen MR) is 59.0 cm³/mol. The zero-order valence-electron chi connectivity index (χ0n) is 9.64. The van der Waals surface area contributed by atoms with Crippen molar-refractivity contribution in [1.82, 2.24) is 0 Å². The number of hydrogen-bond acceptors (Lipinski definition) is 1. The van der Waals surface area contributed by atoms with Crippen LogP contribution in [0.2, 0.25) is 0 Å². The first-order valence-electron chi connectivity index (χ1n) is 5.76. The largest absolute Gasteiger partial charge is 0.392 e. The van der Waals surface area contributed by atoms with E-state index in [1.807, 2.05) is 6.08 Å². The second-order valence-electron chi connectivity index (χ2n) is 6.03. The lowest BCUT2D eigenvalue weighted by Gasteiger charge is -2.41. The number of allylic oxidation sites excluding steroid dienone is 1. The highest BCUT2D eigenvalue weighted by molar-refractivity contribution is 5.28. The van der Waals surface area contributed by atoms with Crippen molar-refractivity contribution < 1.29 is 5.11 Å². The van der Waals surface area contributed by atoms with Crippen LogP contribution in [-0.4, -0.2) is 11.7 Å². The Morgan fingerprint density at radius 1 is 1.21 bits per heavy atom. The summed E-state index contributed by atoms with van der Waals surface area (Å²) in [6.45, 7) is 7.38. The normalized spacial score (nSPS) is 45.1. The van der Waals surface area contributed by atoms with Gasteiger partial charge in [-0.1, -0.05) is 39.3 Å². The Labute approximate surface area is 87.2 Å². The molecule has 2 rings (SSSR count). The van der Waals surface area contributed by atoms with E-state index in [2.05, 4.69) is 26.8 Å². The fourth-order valence-corrected chi connectivity index (χ4v) is 3.82. The van der Waals surface area contributed by atoms with Crippen LogP contribution in [0.25, 0.3) is 0 Å². The molecule has 0 aromatic heterocycles. The average molecular weight is 194 g/mol. The van der Waals surface area contributed by atoms with Crippen molar-refractivity contribution in [3.8, 4) is 0 Å². The van der Waals surface area contributed by atoms with Gasteiger partial charge >= 0.3 is 0 Å². The summed E-state index contributed by atoms with van der Waals surface area (Å²) in [5, 5.41) is 8.90. The fourth-order valence-electron chi connectivity index (χ4n) is 3.82. The number of fused-ring (bicyclic) bond motifs is 1. The molecule has 2 fully saturated rings. The molecule has 0 amide bonds. The van der Waals surface area contributed by atoms with Gasteiger partial charge in [-0.2, -0.15) is 0 Å². The molecular weight excluding hydrogens is 172 g/mol. The highest BCUT2D eigenvalue weighted by Gasteiger charge is 2.69. The smallest absolute Gasteiger partial charge is 0.0612 e. The van der Waals surface area contributed by atoms with E-state index in [0.29, 0.717) is 16.2 Å². The van der Waals surface area contributed by atoms with Gasteiger partial charge in [0.05, 0.1) is 6.61 Å². The second kappa shape index (κ2) is 2.85. The second-order valence-corrected chi connectivity index (χ2v) is 6.03. The van der Waals surface area contributed by atoms with E-state index in [1.54, 1.807) is 0 Å². The minimum absolute atomic E-state index is 0.188. The first kappa shape index (κ1) is 10.2. The third-order valence-corrected chi connectivity index (χ3v) is 4.87. The Morgan fingerprint density at radius 2 is 1.93 bits per heavy atom. The van der Waals surface area contributed by atoms with E-state index < -0.39 is 0 Å². The maximum Gasteiger partial charge on any atom is 0.0612 e. The van der Waals surface area contributed by atoms with Crippen LogP contribution in [0.3, 0.4) is 0 Å². The summed E-state index contributed by atoms with van der Waals surface area (Å²) in [4.78, 5) is 0. The minimum Gasteiger partial charge on any atom is -0.392 e. The van der Waals surface area contributed by atoms with Crippen LogP contribution in [0.15, 0.2) is 12.2 Å². The molecule has 80 valence electrons. The van der Waals surface area contributed by atoms with Gasteiger partial charge in [0.2, 0.25) is 0 Å². The van der Waals surface area contributed by atoms with Crippen molar-refractivity contribution in [2.75, 3.05) is 6.61 Å². The minimum atomic E-state index is 0.188. The summed E-state index contributed by atoms with van der Waals surface area (Å²) in [5.41, 5.74) is 1.34. The molecule has 0 aliphatic heterocycles.